The zero-order valence-corrected chi connectivity index (χ0v) is 7.84. The van der Waals surface area contributed by atoms with Gasteiger partial charge in [0.25, 0.3) is 0 Å². The summed E-state index contributed by atoms with van der Waals surface area (Å²) in [5, 5.41) is 0. The molecule has 0 spiro atoms. The molecule has 8 heavy (non-hydrogen) atoms. The van der Waals surface area contributed by atoms with Crippen molar-refractivity contribution in [3.05, 3.63) is 13.0 Å². The highest BCUT2D eigenvalue weighted by Gasteiger charge is 1.99. The number of hydrogen-bond acceptors (Lipinski definition) is 2. The second-order valence-electron chi connectivity index (χ2n) is 1.31. The molecule has 1 rings (SSSR count). The van der Waals surface area contributed by atoms with Crippen LogP contribution in [-0.2, 0) is 0 Å². The number of rotatable bonds is 0. The minimum atomic E-state index is 0.631. The lowest BCUT2D eigenvalue weighted by Crippen LogP contribution is -1.68. The molecule has 0 N–H and O–H groups in total. The molecule has 1 nitrogen and oxygen atoms in total. The van der Waals surface area contributed by atoms with Gasteiger partial charge < -0.3 is 0 Å². The van der Waals surface area contributed by atoms with Crippen molar-refractivity contribution in [2.45, 2.75) is 6.92 Å². The Balaban J connectivity index is 3.14. The van der Waals surface area contributed by atoms with Gasteiger partial charge in [0.05, 0.1) is 0 Å². The predicted molar refractivity (Wildman–Crippen MR) is 44.6 cm³/mol. The van der Waals surface area contributed by atoms with E-state index in [1.165, 1.54) is 16.2 Å². The maximum atomic E-state index is 5.57. The Labute approximate surface area is 70.2 Å². The minimum absolute atomic E-state index is 0.631. The third-order valence-corrected chi connectivity index (χ3v) is 3.21. The molecule has 0 fully saturated rings. The van der Waals surface area contributed by atoms with Crippen molar-refractivity contribution in [3.63, 3.8) is 0 Å². The molecule has 0 atom stereocenters. The van der Waals surface area contributed by atoms with E-state index in [0.29, 0.717) is 4.47 Å². The fourth-order valence-electron chi connectivity index (χ4n) is 0.347. The SMILES string of the molecule is Cc1sc(Cl)nc1I. The van der Waals surface area contributed by atoms with Crippen molar-refractivity contribution >= 4 is 45.5 Å². The molecule has 0 aliphatic heterocycles. The smallest absolute Gasteiger partial charge is 0.184 e. The highest BCUT2D eigenvalue weighted by atomic mass is 127. The molecule has 0 saturated carbocycles. The number of aromatic nitrogens is 1. The van der Waals surface area contributed by atoms with Crippen molar-refractivity contribution < 1.29 is 0 Å². The molecule has 0 bridgehead atoms. The summed E-state index contributed by atoms with van der Waals surface area (Å²) in [6, 6.07) is 0. The van der Waals surface area contributed by atoms with E-state index in [2.05, 4.69) is 27.6 Å². The van der Waals surface area contributed by atoms with Crippen molar-refractivity contribution in [2.75, 3.05) is 0 Å². The van der Waals surface area contributed by atoms with Crippen LogP contribution in [0, 0.1) is 10.6 Å². The standard InChI is InChI=1S/C4H3ClINS/c1-2-3(6)7-4(5)8-2/h1H3. The Bertz CT molecular complexity index is 178. The van der Waals surface area contributed by atoms with Crippen LogP contribution in [0.15, 0.2) is 0 Å². The van der Waals surface area contributed by atoms with Gasteiger partial charge >= 0.3 is 0 Å². The highest BCUT2D eigenvalue weighted by Crippen LogP contribution is 2.22. The van der Waals surface area contributed by atoms with Gasteiger partial charge in [0.15, 0.2) is 4.47 Å². The van der Waals surface area contributed by atoms with Crippen LogP contribution >= 0.6 is 45.5 Å². The van der Waals surface area contributed by atoms with E-state index < -0.39 is 0 Å². The number of aryl methyl sites for hydroxylation is 1. The lowest BCUT2D eigenvalue weighted by atomic mass is 10.7. The van der Waals surface area contributed by atoms with Crippen LogP contribution in [0.25, 0.3) is 0 Å². The maximum Gasteiger partial charge on any atom is 0.184 e. The summed E-state index contributed by atoms with van der Waals surface area (Å²) in [5.74, 6) is 0. The maximum absolute atomic E-state index is 5.57. The Morgan fingerprint density at radius 2 is 2.38 bits per heavy atom. The molecule has 0 aliphatic carbocycles. The minimum Gasteiger partial charge on any atom is -0.219 e. The van der Waals surface area contributed by atoms with E-state index in [9.17, 15) is 0 Å². The largest absolute Gasteiger partial charge is 0.219 e. The number of halogens is 2. The summed E-state index contributed by atoms with van der Waals surface area (Å²) in [7, 11) is 0. The zero-order chi connectivity index (χ0) is 6.15. The molecule has 0 amide bonds. The number of nitrogens with zero attached hydrogens (tertiary/aromatic N) is 1. The quantitative estimate of drug-likeness (QED) is 0.653. The third kappa shape index (κ3) is 1.33. The number of hydrogen-bond donors (Lipinski definition) is 0. The molecule has 1 aromatic rings. The highest BCUT2D eigenvalue weighted by molar-refractivity contribution is 14.1. The summed E-state index contributed by atoms with van der Waals surface area (Å²) < 4.78 is 1.64. The lowest BCUT2D eigenvalue weighted by molar-refractivity contribution is 1.32. The summed E-state index contributed by atoms with van der Waals surface area (Å²) in [6.07, 6.45) is 0. The van der Waals surface area contributed by atoms with Crippen molar-refractivity contribution in [3.8, 4) is 0 Å². The summed E-state index contributed by atoms with van der Waals surface area (Å²) in [6.45, 7) is 2.01. The normalized spacial score (nSPS) is 9.88. The van der Waals surface area contributed by atoms with Gasteiger partial charge in [0.2, 0.25) is 0 Å². The summed E-state index contributed by atoms with van der Waals surface area (Å²) in [5.41, 5.74) is 0. The van der Waals surface area contributed by atoms with Gasteiger partial charge in [-0.3, -0.25) is 0 Å². The molecule has 4 heteroatoms. The van der Waals surface area contributed by atoms with Crippen LogP contribution in [0.1, 0.15) is 4.88 Å². The van der Waals surface area contributed by atoms with Crippen LogP contribution in [-0.4, -0.2) is 4.98 Å². The fraction of sp³-hybridized carbons (Fsp3) is 0.250. The van der Waals surface area contributed by atoms with E-state index in [-0.39, 0.29) is 0 Å². The first-order valence-electron chi connectivity index (χ1n) is 1.98. The Hall–Kier alpha value is 0.650. The molecular formula is C4H3ClINS. The number of thiazole rings is 1. The van der Waals surface area contributed by atoms with Gasteiger partial charge in [0.1, 0.15) is 3.70 Å². The topological polar surface area (TPSA) is 12.9 Å². The molecule has 44 valence electrons. The molecule has 0 aliphatic rings. The van der Waals surface area contributed by atoms with Crippen LogP contribution in [0.2, 0.25) is 4.47 Å². The van der Waals surface area contributed by atoms with Crippen molar-refractivity contribution in [2.24, 2.45) is 0 Å². The van der Waals surface area contributed by atoms with Crippen molar-refractivity contribution in [1.29, 1.82) is 0 Å². The predicted octanol–water partition coefficient (Wildman–Crippen LogP) is 2.71. The van der Waals surface area contributed by atoms with Gasteiger partial charge in [-0.2, -0.15) is 0 Å². The second-order valence-corrected chi connectivity index (χ2v) is 4.12. The Kier molecular flexibility index (Phi) is 2.11. The lowest BCUT2D eigenvalue weighted by Gasteiger charge is -1.74. The first-order valence-corrected chi connectivity index (χ1v) is 4.26. The van der Waals surface area contributed by atoms with Crippen LogP contribution in [0.3, 0.4) is 0 Å². The molecule has 0 radical (unpaired) electrons. The molecule has 0 unspecified atom stereocenters. The summed E-state index contributed by atoms with van der Waals surface area (Å²) >= 11 is 9.24. The van der Waals surface area contributed by atoms with Crippen molar-refractivity contribution in [1.82, 2.24) is 4.98 Å². The molecule has 0 aromatic carbocycles. The Morgan fingerprint density at radius 3 is 2.50 bits per heavy atom. The zero-order valence-electron chi connectivity index (χ0n) is 4.11. The second kappa shape index (κ2) is 2.49. The fourth-order valence-corrected chi connectivity index (χ4v) is 2.18. The third-order valence-electron chi connectivity index (χ3n) is 0.714. The monoisotopic (exact) mass is 259 g/mol. The van der Waals surface area contributed by atoms with E-state index >= 15 is 0 Å². The van der Waals surface area contributed by atoms with Crippen LogP contribution in [0.4, 0.5) is 0 Å². The Morgan fingerprint density at radius 1 is 1.75 bits per heavy atom. The van der Waals surface area contributed by atoms with Crippen LogP contribution in [0.5, 0.6) is 0 Å². The van der Waals surface area contributed by atoms with Gasteiger partial charge in [-0.15, -0.1) is 11.3 Å². The van der Waals surface area contributed by atoms with Gasteiger partial charge in [-0.25, -0.2) is 4.98 Å². The first-order chi connectivity index (χ1) is 3.70. The van der Waals surface area contributed by atoms with E-state index in [4.69, 9.17) is 11.6 Å². The van der Waals surface area contributed by atoms with E-state index in [1.54, 1.807) is 0 Å². The molecular weight excluding hydrogens is 256 g/mol. The molecule has 1 aromatic heterocycles. The summed E-state index contributed by atoms with van der Waals surface area (Å²) in [4.78, 5) is 5.17. The molecule has 0 saturated heterocycles. The van der Waals surface area contributed by atoms with Gasteiger partial charge in [0, 0.05) is 4.88 Å². The van der Waals surface area contributed by atoms with E-state index in [1.807, 2.05) is 6.92 Å². The average molecular weight is 259 g/mol. The van der Waals surface area contributed by atoms with Gasteiger partial charge in [-0.05, 0) is 29.5 Å². The first kappa shape index (κ1) is 6.77. The molecule has 1 heterocycles. The van der Waals surface area contributed by atoms with Crippen LogP contribution < -0.4 is 0 Å². The van der Waals surface area contributed by atoms with E-state index in [0.717, 1.165) is 3.70 Å². The van der Waals surface area contributed by atoms with Gasteiger partial charge in [-0.1, -0.05) is 11.6 Å². The average Bonchev–Trinajstić information content (AvgIpc) is 1.85.